The van der Waals surface area contributed by atoms with Crippen molar-refractivity contribution in [2.24, 2.45) is 0 Å². The van der Waals surface area contributed by atoms with Crippen molar-refractivity contribution in [1.29, 1.82) is 0 Å². The fourth-order valence-electron chi connectivity index (χ4n) is 1.40. The van der Waals surface area contributed by atoms with E-state index in [0.717, 1.165) is 14.4 Å². The lowest BCUT2D eigenvalue weighted by molar-refractivity contribution is 0.453. The lowest BCUT2D eigenvalue weighted by atomic mass is 10.2. The molecule has 1 aromatic rings. The predicted octanol–water partition coefficient (Wildman–Crippen LogP) is 2.86. The molecule has 0 saturated carbocycles. The van der Waals surface area contributed by atoms with E-state index < -0.39 is 10.0 Å². The van der Waals surface area contributed by atoms with E-state index in [1.807, 2.05) is 19.1 Å². The topological polar surface area (TPSA) is 37.4 Å². The lowest BCUT2D eigenvalue weighted by Crippen LogP contribution is -2.34. The van der Waals surface area contributed by atoms with Crippen LogP contribution in [0.25, 0.3) is 0 Å². The molecule has 0 amide bonds. The molecule has 6 heteroatoms. The fourth-order valence-corrected chi connectivity index (χ4v) is 4.66. The number of nitrogens with zero attached hydrogens (tertiary/aromatic N) is 1. The van der Waals surface area contributed by atoms with Crippen LogP contribution in [-0.2, 0) is 10.0 Å². The van der Waals surface area contributed by atoms with Crippen LogP contribution in [0.4, 0.5) is 0 Å². The highest BCUT2D eigenvalue weighted by atomic mass is 127. The van der Waals surface area contributed by atoms with E-state index >= 15 is 0 Å². The van der Waals surface area contributed by atoms with Gasteiger partial charge in [0.15, 0.2) is 0 Å². The summed E-state index contributed by atoms with van der Waals surface area (Å²) in [6.07, 6.45) is 0. The van der Waals surface area contributed by atoms with E-state index in [1.165, 1.54) is 0 Å². The normalized spacial score (nSPS) is 12.0. The molecule has 3 nitrogen and oxygen atoms in total. The molecular formula is C11H15I2NO2S. The van der Waals surface area contributed by atoms with Gasteiger partial charge in [-0.15, -0.1) is 0 Å². The summed E-state index contributed by atoms with van der Waals surface area (Å²) < 4.78 is 27.8. The summed E-state index contributed by atoms with van der Waals surface area (Å²) >= 11 is 4.40. The van der Waals surface area contributed by atoms with Crippen molar-refractivity contribution in [1.82, 2.24) is 4.31 Å². The highest BCUT2D eigenvalue weighted by Crippen LogP contribution is 2.16. The average molecular weight is 479 g/mol. The van der Waals surface area contributed by atoms with Crippen molar-refractivity contribution in [3.63, 3.8) is 0 Å². The fraction of sp³-hybridized carbons (Fsp3) is 0.455. The van der Waals surface area contributed by atoms with Crippen molar-refractivity contribution in [2.75, 3.05) is 21.9 Å². The molecule has 0 unspecified atom stereocenters. The Morgan fingerprint density at radius 2 is 1.53 bits per heavy atom. The summed E-state index contributed by atoms with van der Waals surface area (Å²) in [5.74, 6) is 0. The van der Waals surface area contributed by atoms with Gasteiger partial charge in [-0.25, -0.2) is 8.42 Å². The van der Waals surface area contributed by atoms with Gasteiger partial charge in [0, 0.05) is 21.9 Å². The summed E-state index contributed by atoms with van der Waals surface area (Å²) in [6.45, 7) is 3.09. The molecule has 1 aromatic carbocycles. The van der Waals surface area contributed by atoms with Gasteiger partial charge in [0.2, 0.25) is 10.0 Å². The number of alkyl halides is 2. The largest absolute Gasteiger partial charge is 0.243 e. The molecule has 0 atom stereocenters. The molecule has 0 heterocycles. The standard InChI is InChI=1S/C11H15I2NO2S/c1-10-2-4-11(5-3-10)17(15,16)14(8-6-12)9-7-13/h2-5H,6-9H2,1H3. The van der Waals surface area contributed by atoms with Crippen LogP contribution in [-0.4, -0.2) is 34.7 Å². The van der Waals surface area contributed by atoms with Gasteiger partial charge in [-0.3, -0.25) is 0 Å². The number of aryl methyl sites for hydroxylation is 1. The summed E-state index contributed by atoms with van der Waals surface area (Å²) in [7, 11) is -3.32. The third-order valence-corrected chi connectivity index (χ3v) is 5.20. The molecule has 96 valence electrons. The molecule has 0 fully saturated rings. The molecule has 0 N–H and O–H groups in total. The third kappa shape index (κ3) is 4.32. The maximum Gasteiger partial charge on any atom is 0.243 e. The maximum atomic E-state index is 12.3. The van der Waals surface area contributed by atoms with Gasteiger partial charge in [-0.1, -0.05) is 62.9 Å². The molecule has 1 rings (SSSR count). The lowest BCUT2D eigenvalue weighted by Gasteiger charge is -2.20. The van der Waals surface area contributed by atoms with E-state index in [-0.39, 0.29) is 0 Å². The zero-order valence-corrected chi connectivity index (χ0v) is 14.7. The Morgan fingerprint density at radius 1 is 1.06 bits per heavy atom. The van der Waals surface area contributed by atoms with Gasteiger partial charge in [0.05, 0.1) is 4.90 Å². The van der Waals surface area contributed by atoms with E-state index in [0.29, 0.717) is 18.0 Å². The second-order valence-electron chi connectivity index (χ2n) is 3.60. The Hall–Kier alpha value is 0.590. The SMILES string of the molecule is Cc1ccc(S(=O)(=O)N(CCI)CCI)cc1. The van der Waals surface area contributed by atoms with E-state index in [4.69, 9.17) is 0 Å². The first-order valence-corrected chi connectivity index (χ1v) is 9.70. The van der Waals surface area contributed by atoms with Gasteiger partial charge >= 0.3 is 0 Å². The van der Waals surface area contributed by atoms with Crippen LogP contribution in [0.1, 0.15) is 5.56 Å². The van der Waals surface area contributed by atoms with Crippen molar-refractivity contribution >= 4 is 55.2 Å². The van der Waals surface area contributed by atoms with Gasteiger partial charge in [-0.05, 0) is 19.1 Å². The quantitative estimate of drug-likeness (QED) is 0.465. The molecular weight excluding hydrogens is 464 g/mol. The number of hydrogen-bond acceptors (Lipinski definition) is 2. The zero-order chi connectivity index (χ0) is 12.9. The van der Waals surface area contributed by atoms with Crippen LogP contribution in [0, 0.1) is 6.92 Å². The van der Waals surface area contributed by atoms with Crippen molar-refractivity contribution in [2.45, 2.75) is 11.8 Å². The summed E-state index contributed by atoms with van der Waals surface area (Å²) in [5, 5.41) is 0. The van der Waals surface area contributed by atoms with Crippen molar-refractivity contribution in [3.05, 3.63) is 29.8 Å². The summed E-state index contributed by atoms with van der Waals surface area (Å²) in [6, 6.07) is 7.02. The molecule has 0 aromatic heterocycles. The first-order valence-electron chi connectivity index (χ1n) is 5.21. The van der Waals surface area contributed by atoms with Gasteiger partial charge < -0.3 is 0 Å². The van der Waals surface area contributed by atoms with E-state index in [2.05, 4.69) is 45.2 Å². The van der Waals surface area contributed by atoms with Gasteiger partial charge in [0.1, 0.15) is 0 Å². The van der Waals surface area contributed by atoms with E-state index in [9.17, 15) is 8.42 Å². The monoisotopic (exact) mass is 479 g/mol. The Balaban J connectivity index is 3.02. The number of sulfonamides is 1. The first-order chi connectivity index (χ1) is 8.02. The third-order valence-electron chi connectivity index (χ3n) is 2.33. The Morgan fingerprint density at radius 3 is 1.94 bits per heavy atom. The van der Waals surface area contributed by atoms with Gasteiger partial charge in [0.25, 0.3) is 0 Å². The minimum atomic E-state index is -3.32. The molecule has 0 aliphatic heterocycles. The predicted molar refractivity (Wildman–Crippen MR) is 87.7 cm³/mol. The number of rotatable bonds is 6. The molecule has 0 aliphatic carbocycles. The Bertz CT molecular complexity index is 439. The molecule has 0 bridgehead atoms. The highest BCUT2D eigenvalue weighted by Gasteiger charge is 2.22. The molecule has 0 spiro atoms. The van der Waals surface area contributed by atoms with Crippen LogP contribution < -0.4 is 0 Å². The van der Waals surface area contributed by atoms with Crippen LogP contribution in [0.3, 0.4) is 0 Å². The van der Waals surface area contributed by atoms with Crippen LogP contribution in [0.5, 0.6) is 0 Å². The molecule has 0 saturated heterocycles. The molecule has 0 aliphatic rings. The van der Waals surface area contributed by atoms with E-state index in [1.54, 1.807) is 16.4 Å². The summed E-state index contributed by atoms with van der Waals surface area (Å²) in [5.41, 5.74) is 1.07. The van der Waals surface area contributed by atoms with Gasteiger partial charge in [-0.2, -0.15) is 4.31 Å². The van der Waals surface area contributed by atoms with Crippen LogP contribution in [0.15, 0.2) is 29.2 Å². The number of halogens is 2. The average Bonchev–Trinajstić information content (AvgIpc) is 2.29. The number of benzene rings is 1. The second-order valence-corrected chi connectivity index (χ2v) is 7.69. The maximum absolute atomic E-state index is 12.3. The first kappa shape index (κ1) is 15.6. The minimum absolute atomic E-state index is 0.387. The Labute approximate surface area is 130 Å². The van der Waals surface area contributed by atoms with Crippen molar-refractivity contribution < 1.29 is 8.42 Å². The van der Waals surface area contributed by atoms with Crippen LogP contribution in [0.2, 0.25) is 0 Å². The number of hydrogen-bond donors (Lipinski definition) is 0. The molecule has 0 radical (unpaired) electrons. The second kappa shape index (κ2) is 7.25. The van der Waals surface area contributed by atoms with Crippen LogP contribution >= 0.6 is 45.2 Å². The summed E-state index contributed by atoms with van der Waals surface area (Å²) in [4.78, 5) is 0.387. The smallest absolute Gasteiger partial charge is 0.207 e. The molecule has 17 heavy (non-hydrogen) atoms. The van der Waals surface area contributed by atoms with Crippen molar-refractivity contribution in [3.8, 4) is 0 Å². The Kier molecular flexibility index (Phi) is 6.67. The highest BCUT2D eigenvalue weighted by molar-refractivity contribution is 14.1. The minimum Gasteiger partial charge on any atom is -0.207 e. The zero-order valence-electron chi connectivity index (χ0n) is 9.57.